The van der Waals surface area contributed by atoms with E-state index in [-0.39, 0.29) is 5.78 Å². The average Bonchev–Trinajstić information content (AvgIpc) is 2.48. The first kappa shape index (κ1) is 14.1. The second-order valence-electron chi connectivity index (χ2n) is 4.70. The molecule has 0 aromatic heterocycles. The standard InChI is InChI=1S/C16H12BrIO2/c17-11-6-7-14(18)13(9-11)15(19)12-5-1-3-10-4-2-8-20-16(10)12/h1,3,5-7,9H,2,4,8H2. The molecule has 1 aliphatic rings. The predicted octanol–water partition coefficient (Wildman–Crippen LogP) is 4.61. The van der Waals surface area contributed by atoms with Crippen molar-refractivity contribution in [2.24, 2.45) is 0 Å². The number of ketones is 1. The molecule has 0 unspecified atom stereocenters. The van der Waals surface area contributed by atoms with E-state index in [0.29, 0.717) is 17.7 Å². The normalized spacial score (nSPS) is 13.5. The molecule has 2 nitrogen and oxygen atoms in total. The Morgan fingerprint density at radius 3 is 2.90 bits per heavy atom. The topological polar surface area (TPSA) is 26.3 Å². The summed E-state index contributed by atoms with van der Waals surface area (Å²) >= 11 is 5.62. The summed E-state index contributed by atoms with van der Waals surface area (Å²) < 4.78 is 7.59. The van der Waals surface area contributed by atoms with E-state index in [4.69, 9.17) is 4.74 Å². The lowest BCUT2D eigenvalue weighted by Gasteiger charge is -2.20. The molecule has 0 fully saturated rings. The lowest BCUT2D eigenvalue weighted by Crippen LogP contribution is -2.14. The van der Waals surface area contributed by atoms with E-state index < -0.39 is 0 Å². The summed E-state index contributed by atoms with van der Waals surface area (Å²) in [7, 11) is 0. The molecule has 2 aromatic carbocycles. The number of carbonyl (C=O) groups excluding carboxylic acids is 1. The first-order valence-corrected chi connectivity index (χ1v) is 8.28. The highest BCUT2D eigenvalue weighted by atomic mass is 127. The van der Waals surface area contributed by atoms with Gasteiger partial charge in [-0.15, -0.1) is 0 Å². The number of ether oxygens (including phenoxy) is 1. The Balaban J connectivity index is 2.09. The van der Waals surface area contributed by atoms with Gasteiger partial charge in [-0.05, 0) is 65.3 Å². The molecule has 102 valence electrons. The molecule has 0 atom stereocenters. The lowest BCUT2D eigenvalue weighted by molar-refractivity contribution is 0.103. The van der Waals surface area contributed by atoms with E-state index in [1.54, 1.807) is 0 Å². The summed E-state index contributed by atoms with van der Waals surface area (Å²) in [4.78, 5) is 12.8. The highest BCUT2D eigenvalue weighted by molar-refractivity contribution is 14.1. The maximum absolute atomic E-state index is 12.8. The SMILES string of the molecule is O=C(c1cc(Br)ccc1I)c1cccc2c1OCCC2. The predicted molar refractivity (Wildman–Crippen MR) is 90.5 cm³/mol. The zero-order valence-electron chi connectivity index (χ0n) is 10.7. The Hall–Kier alpha value is -0.880. The molecule has 3 rings (SSSR count). The van der Waals surface area contributed by atoms with Crippen molar-refractivity contribution in [1.29, 1.82) is 0 Å². The van der Waals surface area contributed by atoms with Crippen LogP contribution in [-0.2, 0) is 6.42 Å². The lowest BCUT2D eigenvalue weighted by atomic mass is 9.97. The molecular formula is C16H12BrIO2. The van der Waals surface area contributed by atoms with E-state index in [1.807, 2.05) is 36.4 Å². The number of hydrogen-bond donors (Lipinski definition) is 0. The summed E-state index contributed by atoms with van der Waals surface area (Å²) in [6.45, 7) is 0.687. The van der Waals surface area contributed by atoms with E-state index in [0.717, 1.165) is 32.2 Å². The molecule has 0 saturated heterocycles. The summed E-state index contributed by atoms with van der Waals surface area (Å²) in [5.41, 5.74) is 2.51. The summed E-state index contributed by atoms with van der Waals surface area (Å²) in [6.07, 6.45) is 1.99. The Morgan fingerprint density at radius 1 is 1.20 bits per heavy atom. The fraction of sp³-hybridized carbons (Fsp3) is 0.188. The van der Waals surface area contributed by atoms with Gasteiger partial charge in [0.2, 0.25) is 0 Å². The summed E-state index contributed by atoms with van der Waals surface area (Å²) in [5.74, 6) is 0.786. The molecule has 20 heavy (non-hydrogen) atoms. The highest BCUT2D eigenvalue weighted by Crippen LogP contribution is 2.31. The van der Waals surface area contributed by atoms with Gasteiger partial charge < -0.3 is 4.74 Å². The van der Waals surface area contributed by atoms with Gasteiger partial charge in [0.1, 0.15) is 5.75 Å². The zero-order chi connectivity index (χ0) is 14.1. The first-order valence-electron chi connectivity index (χ1n) is 6.41. The Labute approximate surface area is 139 Å². The number of hydrogen-bond acceptors (Lipinski definition) is 2. The van der Waals surface area contributed by atoms with Crippen molar-refractivity contribution >= 4 is 44.3 Å². The van der Waals surface area contributed by atoms with Crippen LogP contribution in [0.3, 0.4) is 0 Å². The minimum Gasteiger partial charge on any atom is -0.493 e. The zero-order valence-corrected chi connectivity index (χ0v) is 14.4. The van der Waals surface area contributed by atoms with Crippen molar-refractivity contribution in [3.8, 4) is 5.75 Å². The number of halogens is 2. The molecular weight excluding hydrogens is 431 g/mol. The summed E-state index contributed by atoms with van der Waals surface area (Å²) in [6, 6.07) is 11.6. The molecule has 4 heteroatoms. The second-order valence-corrected chi connectivity index (χ2v) is 6.78. The van der Waals surface area contributed by atoms with Crippen LogP contribution in [0.15, 0.2) is 40.9 Å². The maximum Gasteiger partial charge on any atom is 0.197 e. The third-order valence-electron chi connectivity index (χ3n) is 3.35. The smallest absolute Gasteiger partial charge is 0.197 e. The van der Waals surface area contributed by atoms with E-state index in [9.17, 15) is 4.79 Å². The van der Waals surface area contributed by atoms with Gasteiger partial charge in [-0.2, -0.15) is 0 Å². The molecule has 1 heterocycles. The van der Waals surface area contributed by atoms with E-state index in [1.165, 1.54) is 0 Å². The molecule has 0 amide bonds. The van der Waals surface area contributed by atoms with Gasteiger partial charge >= 0.3 is 0 Å². The average molecular weight is 443 g/mol. The highest BCUT2D eigenvalue weighted by Gasteiger charge is 2.21. The maximum atomic E-state index is 12.8. The number of para-hydroxylation sites is 1. The largest absolute Gasteiger partial charge is 0.493 e. The number of benzene rings is 2. The molecule has 1 aliphatic heterocycles. The van der Waals surface area contributed by atoms with Crippen molar-refractivity contribution in [1.82, 2.24) is 0 Å². The van der Waals surface area contributed by atoms with Crippen LogP contribution in [0.4, 0.5) is 0 Å². The van der Waals surface area contributed by atoms with Crippen molar-refractivity contribution < 1.29 is 9.53 Å². The van der Waals surface area contributed by atoms with E-state index >= 15 is 0 Å². The van der Waals surface area contributed by atoms with Crippen LogP contribution in [0, 0.1) is 3.57 Å². The Kier molecular flexibility index (Phi) is 4.12. The fourth-order valence-electron chi connectivity index (χ4n) is 2.38. The molecule has 0 spiro atoms. The van der Waals surface area contributed by atoms with Crippen LogP contribution in [-0.4, -0.2) is 12.4 Å². The van der Waals surface area contributed by atoms with Crippen LogP contribution < -0.4 is 4.74 Å². The summed E-state index contributed by atoms with van der Waals surface area (Å²) in [5, 5.41) is 0. The van der Waals surface area contributed by atoms with Crippen LogP contribution >= 0.6 is 38.5 Å². The van der Waals surface area contributed by atoms with Crippen molar-refractivity contribution in [3.63, 3.8) is 0 Å². The fourth-order valence-corrected chi connectivity index (χ4v) is 3.33. The quantitative estimate of drug-likeness (QED) is 0.501. The first-order chi connectivity index (χ1) is 9.66. The molecule has 0 radical (unpaired) electrons. The monoisotopic (exact) mass is 442 g/mol. The van der Waals surface area contributed by atoms with Gasteiger partial charge in [0.25, 0.3) is 0 Å². The minimum atomic E-state index is 0.0226. The van der Waals surface area contributed by atoms with Crippen LogP contribution in [0.2, 0.25) is 0 Å². The molecule has 0 aliphatic carbocycles. The molecule has 2 aromatic rings. The minimum absolute atomic E-state index is 0.0226. The number of rotatable bonds is 2. The van der Waals surface area contributed by atoms with Gasteiger partial charge in [0, 0.05) is 13.6 Å². The van der Waals surface area contributed by atoms with Gasteiger partial charge in [0.15, 0.2) is 5.78 Å². The van der Waals surface area contributed by atoms with Crippen LogP contribution in [0.25, 0.3) is 0 Å². The Bertz CT molecular complexity index is 682. The molecule has 0 saturated carbocycles. The van der Waals surface area contributed by atoms with Crippen LogP contribution in [0.1, 0.15) is 27.9 Å². The van der Waals surface area contributed by atoms with Crippen molar-refractivity contribution in [2.75, 3.05) is 6.61 Å². The van der Waals surface area contributed by atoms with Crippen molar-refractivity contribution in [3.05, 3.63) is 61.1 Å². The number of carbonyl (C=O) groups is 1. The number of aryl methyl sites for hydroxylation is 1. The van der Waals surface area contributed by atoms with Gasteiger partial charge in [-0.25, -0.2) is 0 Å². The number of fused-ring (bicyclic) bond motifs is 1. The van der Waals surface area contributed by atoms with Gasteiger partial charge in [-0.1, -0.05) is 28.1 Å². The second kappa shape index (κ2) is 5.85. The van der Waals surface area contributed by atoms with Crippen molar-refractivity contribution in [2.45, 2.75) is 12.8 Å². The van der Waals surface area contributed by atoms with Crippen LogP contribution in [0.5, 0.6) is 5.75 Å². The molecule has 0 N–H and O–H groups in total. The van der Waals surface area contributed by atoms with E-state index in [2.05, 4.69) is 38.5 Å². The van der Waals surface area contributed by atoms with Gasteiger partial charge in [0.05, 0.1) is 12.2 Å². The Morgan fingerprint density at radius 2 is 2.05 bits per heavy atom. The van der Waals surface area contributed by atoms with Gasteiger partial charge in [-0.3, -0.25) is 4.79 Å². The molecule has 0 bridgehead atoms. The third-order valence-corrected chi connectivity index (χ3v) is 4.79. The third kappa shape index (κ3) is 2.63.